The molecule has 4 rings (SSSR count). The lowest BCUT2D eigenvalue weighted by Gasteiger charge is -2.12. The molecule has 0 aliphatic heterocycles. The second kappa shape index (κ2) is 10.8. The predicted molar refractivity (Wildman–Crippen MR) is 128 cm³/mol. The van der Waals surface area contributed by atoms with Gasteiger partial charge < -0.3 is 14.8 Å². The first-order valence-electron chi connectivity index (χ1n) is 10.3. The number of hydrogen-bond donors (Lipinski definition) is 1. The SMILES string of the molecule is COc1ccccc1COCc1ncncc1-c1ccc(NCc2ccc(Cl)cc2)cc1. The zero-order valence-corrected chi connectivity index (χ0v) is 18.5. The van der Waals surface area contributed by atoms with Crippen molar-refractivity contribution in [3.05, 3.63) is 107 Å². The van der Waals surface area contributed by atoms with Gasteiger partial charge in [-0.25, -0.2) is 9.97 Å². The molecule has 0 aliphatic rings. The van der Waals surface area contributed by atoms with Crippen LogP contribution in [0.2, 0.25) is 5.02 Å². The monoisotopic (exact) mass is 445 g/mol. The normalized spacial score (nSPS) is 10.7. The van der Waals surface area contributed by atoms with Gasteiger partial charge in [-0.1, -0.05) is 54.1 Å². The van der Waals surface area contributed by atoms with Crippen molar-refractivity contribution in [2.24, 2.45) is 0 Å². The highest BCUT2D eigenvalue weighted by atomic mass is 35.5. The largest absolute Gasteiger partial charge is 0.496 e. The number of benzene rings is 3. The van der Waals surface area contributed by atoms with E-state index in [1.165, 1.54) is 5.56 Å². The number of nitrogens with one attached hydrogen (secondary N) is 1. The first kappa shape index (κ1) is 21.8. The highest BCUT2D eigenvalue weighted by molar-refractivity contribution is 6.30. The van der Waals surface area contributed by atoms with E-state index in [0.29, 0.717) is 13.2 Å². The summed E-state index contributed by atoms with van der Waals surface area (Å²) >= 11 is 5.95. The molecule has 0 atom stereocenters. The average molecular weight is 446 g/mol. The predicted octanol–water partition coefficient (Wildman–Crippen LogP) is 6.13. The summed E-state index contributed by atoms with van der Waals surface area (Å²) in [5.41, 5.74) is 6.05. The highest BCUT2D eigenvalue weighted by Gasteiger charge is 2.09. The molecule has 0 saturated carbocycles. The fraction of sp³-hybridized carbons (Fsp3) is 0.154. The number of aromatic nitrogens is 2. The van der Waals surface area contributed by atoms with Crippen LogP contribution in [0.1, 0.15) is 16.8 Å². The first-order chi connectivity index (χ1) is 15.7. The zero-order chi connectivity index (χ0) is 22.2. The van der Waals surface area contributed by atoms with Crippen LogP contribution in [0.4, 0.5) is 5.69 Å². The van der Waals surface area contributed by atoms with E-state index in [4.69, 9.17) is 21.1 Å². The third kappa shape index (κ3) is 5.63. The Hall–Kier alpha value is -3.41. The molecular formula is C26H24ClN3O2. The molecule has 32 heavy (non-hydrogen) atoms. The van der Waals surface area contributed by atoms with Gasteiger partial charge in [0.25, 0.3) is 0 Å². The molecular weight excluding hydrogens is 422 g/mol. The number of anilines is 1. The number of para-hydroxylation sites is 1. The smallest absolute Gasteiger partial charge is 0.124 e. The number of halogens is 1. The highest BCUT2D eigenvalue weighted by Crippen LogP contribution is 2.25. The Morgan fingerprint density at radius 1 is 0.906 bits per heavy atom. The van der Waals surface area contributed by atoms with Crippen LogP contribution in [0.15, 0.2) is 85.3 Å². The van der Waals surface area contributed by atoms with Crippen LogP contribution in [0, 0.1) is 0 Å². The van der Waals surface area contributed by atoms with E-state index in [0.717, 1.165) is 45.4 Å². The van der Waals surface area contributed by atoms with Gasteiger partial charge in [-0.15, -0.1) is 0 Å². The van der Waals surface area contributed by atoms with E-state index < -0.39 is 0 Å². The van der Waals surface area contributed by atoms with Crippen LogP contribution in [-0.4, -0.2) is 17.1 Å². The van der Waals surface area contributed by atoms with Crippen molar-refractivity contribution < 1.29 is 9.47 Å². The summed E-state index contributed by atoms with van der Waals surface area (Å²) < 4.78 is 11.3. The van der Waals surface area contributed by atoms with Gasteiger partial charge in [0.15, 0.2) is 0 Å². The average Bonchev–Trinajstić information content (AvgIpc) is 2.85. The zero-order valence-electron chi connectivity index (χ0n) is 17.8. The second-order valence-electron chi connectivity index (χ2n) is 7.25. The summed E-state index contributed by atoms with van der Waals surface area (Å²) in [5.74, 6) is 0.817. The Morgan fingerprint density at radius 2 is 1.69 bits per heavy atom. The van der Waals surface area contributed by atoms with Crippen LogP contribution in [0.3, 0.4) is 0 Å². The molecule has 1 aromatic heterocycles. The lowest BCUT2D eigenvalue weighted by Crippen LogP contribution is -2.01. The maximum absolute atomic E-state index is 5.95. The van der Waals surface area contributed by atoms with Gasteiger partial charge in [0.05, 0.1) is 26.0 Å². The molecule has 0 amide bonds. The summed E-state index contributed by atoms with van der Waals surface area (Å²) in [4.78, 5) is 8.65. The van der Waals surface area contributed by atoms with E-state index in [-0.39, 0.29) is 0 Å². The van der Waals surface area contributed by atoms with E-state index in [1.54, 1.807) is 13.4 Å². The fourth-order valence-corrected chi connectivity index (χ4v) is 3.49. The van der Waals surface area contributed by atoms with E-state index in [9.17, 15) is 0 Å². The number of ether oxygens (including phenoxy) is 2. The van der Waals surface area contributed by atoms with Gasteiger partial charge in [0.1, 0.15) is 12.1 Å². The Kier molecular flexibility index (Phi) is 7.33. The lowest BCUT2D eigenvalue weighted by atomic mass is 10.1. The molecule has 3 aromatic carbocycles. The molecule has 0 saturated heterocycles. The van der Waals surface area contributed by atoms with Crippen molar-refractivity contribution in [2.75, 3.05) is 12.4 Å². The number of nitrogens with zero attached hydrogens (tertiary/aromatic N) is 2. The van der Waals surface area contributed by atoms with Crippen molar-refractivity contribution >= 4 is 17.3 Å². The molecule has 1 heterocycles. The molecule has 0 unspecified atom stereocenters. The Balaban J connectivity index is 1.39. The van der Waals surface area contributed by atoms with Crippen LogP contribution in [-0.2, 0) is 24.5 Å². The molecule has 162 valence electrons. The van der Waals surface area contributed by atoms with E-state index >= 15 is 0 Å². The quantitative estimate of drug-likeness (QED) is 0.335. The number of methoxy groups -OCH3 is 1. The van der Waals surface area contributed by atoms with Gasteiger partial charge in [-0.05, 0) is 41.5 Å². The lowest BCUT2D eigenvalue weighted by molar-refractivity contribution is 0.103. The van der Waals surface area contributed by atoms with Crippen LogP contribution in [0.5, 0.6) is 5.75 Å². The maximum Gasteiger partial charge on any atom is 0.124 e. The van der Waals surface area contributed by atoms with Crippen molar-refractivity contribution in [1.29, 1.82) is 0 Å². The third-order valence-corrected chi connectivity index (χ3v) is 5.34. The van der Waals surface area contributed by atoms with Crippen molar-refractivity contribution in [1.82, 2.24) is 9.97 Å². The van der Waals surface area contributed by atoms with Gasteiger partial charge in [0.2, 0.25) is 0 Å². The summed E-state index contributed by atoms with van der Waals surface area (Å²) in [7, 11) is 1.66. The fourth-order valence-electron chi connectivity index (χ4n) is 3.37. The number of rotatable bonds is 9. The minimum atomic E-state index is 0.381. The molecule has 0 aliphatic carbocycles. The third-order valence-electron chi connectivity index (χ3n) is 5.09. The molecule has 6 heteroatoms. The van der Waals surface area contributed by atoms with Gasteiger partial charge in [-0.3, -0.25) is 0 Å². The van der Waals surface area contributed by atoms with E-state index in [1.807, 2.05) is 54.7 Å². The van der Waals surface area contributed by atoms with Gasteiger partial charge in [0, 0.05) is 34.6 Å². The molecule has 1 N–H and O–H groups in total. The van der Waals surface area contributed by atoms with Crippen molar-refractivity contribution in [3.8, 4) is 16.9 Å². The minimum absolute atomic E-state index is 0.381. The second-order valence-corrected chi connectivity index (χ2v) is 7.68. The molecule has 0 fully saturated rings. The van der Waals surface area contributed by atoms with E-state index in [2.05, 4.69) is 39.6 Å². The topological polar surface area (TPSA) is 56.3 Å². The van der Waals surface area contributed by atoms with Crippen LogP contribution < -0.4 is 10.1 Å². The molecule has 0 radical (unpaired) electrons. The van der Waals surface area contributed by atoms with Gasteiger partial charge >= 0.3 is 0 Å². The Bertz CT molecular complexity index is 1150. The van der Waals surface area contributed by atoms with Crippen molar-refractivity contribution in [2.45, 2.75) is 19.8 Å². The molecule has 4 aromatic rings. The summed E-state index contributed by atoms with van der Waals surface area (Å²) in [6.45, 7) is 1.56. The van der Waals surface area contributed by atoms with Gasteiger partial charge in [-0.2, -0.15) is 0 Å². The maximum atomic E-state index is 5.95. The standard InChI is InChI=1S/C26H24ClN3O2/c1-31-26-5-3-2-4-21(26)16-32-17-25-24(15-28-18-30-25)20-8-12-23(13-9-20)29-14-19-6-10-22(27)11-7-19/h2-13,15,18,29H,14,16-17H2,1H3. The van der Waals surface area contributed by atoms with Crippen LogP contribution >= 0.6 is 11.6 Å². The summed E-state index contributed by atoms with van der Waals surface area (Å²) in [6, 6.07) is 23.9. The van der Waals surface area contributed by atoms with Crippen LogP contribution in [0.25, 0.3) is 11.1 Å². The van der Waals surface area contributed by atoms with Crippen molar-refractivity contribution in [3.63, 3.8) is 0 Å². The number of hydrogen-bond acceptors (Lipinski definition) is 5. The summed E-state index contributed by atoms with van der Waals surface area (Å²) in [6.07, 6.45) is 3.37. The molecule has 5 nitrogen and oxygen atoms in total. The first-order valence-corrected chi connectivity index (χ1v) is 10.7. The Morgan fingerprint density at radius 3 is 2.47 bits per heavy atom. The molecule has 0 bridgehead atoms. The minimum Gasteiger partial charge on any atom is -0.496 e. The molecule has 0 spiro atoms. The summed E-state index contributed by atoms with van der Waals surface area (Å²) in [5, 5.41) is 4.17. The Labute approximate surface area is 193 Å².